The lowest BCUT2D eigenvalue weighted by molar-refractivity contribution is 0.000797. The van der Waals surface area contributed by atoms with Gasteiger partial charge in [-0.1, -0.05) is 19.9 Å². The highest BCUT2D eigenvalue weighted by Gasteiger charge is 2.17. The lowest BCUT2D eigenvalue weighted by Gasteiger charge is -2.31. The molecule has 7 heteroatoms. The van der Waals surface area contributed by atoms with Gasteiger partial charge in [0.25, 0.3) is 0 Å². The largest absolute Gasteiger partial charge is 0.389 e. The molecule has 0 unspecified atom stereocenters. The minimum atomic E-state index is -0.656. The van der Waals surface area contributed by atoms with E-state index in [2.05, 4.69) is 18.7 Å². The van der Waals surface area contributed by atoms with Gasteiger partial charge in [-0.3, -0.25) is 9.80 Å². The van der Waals surface area contributed by atoms with Crippen molar-refractivity contribution >= 4 is 0 Å². The summed E-state index contributed by atoms with van der Waals surface area (Å²) >= 11 is 0. The average molecular weight is 386 g/mol. The highest BCUT2D eigenvalue weighted by molar-refractivity contribution is 5.18. The Hall–Kier alpha value is -1.12. The number of aliphatic hydroxyl groups excluding tert-OH is 1. The Balaban J connectivity index is 1.91. The third-order valence-electron chi connectivity index (χ3n) is 4.48. The molecule has 0 radical (unpaired) electrons. The van der Waals surface area contributed by atoms with Gasteiger partial charge >= 0.3 is 0 Å². The number of morpholine rings is 1. The first kappa shape index (κ1) is 22.2. The van der Waals surface area contributed by atoms with Crippen LogP contribution in [0.4, 0.5) is 8.78 Å². The maximum absolute atomic E-state index is 14.1. The molecule has 1 aromatic carbocycles. The van der Waals surface area contributed by atoms with Crippen LogP contribution in [0.1, 0.15) is 19.4 Å². The van der Waals surface area contributed by atoms with Gasteiger partial charge in [0.15, 0.2) is 0 Å². The topological polar surface area (TPSA) is 45.2 Å². The van der Waals surface area contributed by atoms with Gasteiger partial charge in [0, 0.05) is 57.5 Å². The first-order chi connectivity index (χ1) is 12.9. The molecule has 1 N–H and O–H groups in total. The second-order valence-electron chi connectivity index (χ2n) is 7.51. The van der Waals surface area contributed by atoms with Crippen LogP contribution in [0.5, 0.6) is 0 Å². The zero-order valence-electron chi connectivity index (χ0n) is 16.4. The molecule has 0 spiro atoms. The van der Waals surface area contributed by atoms with Crippen LogP contribution in [0.3, 0.4) is 0 Å². The van der Waals surface area contributed by atoms with Crippen molar-refractivity contribution in [3.63, 3.8) is 0 Å². The van der Waals surface area contributed by atoms with Gasteiger partial charge in [-0.25, -0.2) is 8.78 Å². The van der Waals surface area contributed by atoms with Crippen molar-refractivity contribution < 1.29 is 23.4 Å². The Morgan fingerprint density at radius 3 is 2.63 bits per heavy atom. The third kappa shape index (κ3) is 8.62. The van der Waals surface area contributed by atoms with Gasteiger partial charge in [-0.05, 0) is 12.0 Å². The average Bonchev–Trinajstić information content (AvgIpc) is 2.62. The molecule has 1 heterocycles. The Bertz CT molecular complexity index is 554. The van der Waals surface area contributed by atoms with Crippen molar-refractivity contribution in [1.29, 1.82) is 0 Å². The molecule has 0 bridgehead atoms. The second-order valence-corrected chi connectivity index (χ2v) is 7.51. The number of hydrogen-bond acceptors (Lipinski definition) is 5. The Morgan fingerprint density at radius 2 is 1.96 bits per heavy atom. The van der Waals surface area contributed by atoms with E-state index in [1.54, 1.807) is 0 Å². The van der Waals surface area contributed by atoms with Crippen molar-refractivity contribution in [2.45, 2.75) is 26.5 Å². The number of benzene rings is 1. The van der Waals surface area contributed by atoms with E-state index in [1.165, 1.54) is 12.1 Å². The molecular weight excluding hydrogens is 354 g/mol. The maximum Gasteiger partial charge on any atom is 0.130 e. The monoisotopic (exact) mass is 386 g/mol. The number of aliphatic hydroxyl groups is 1. The number of hydrogen-bond donors (Lipinski definition) is 1. The van der Waals surface area contributed by atoms with Crippen molar-refractivity contribution in [2.24, 2.45) is 5.92 Å². The molecule has 1 aliphatic heterocycles. The molecule has 27 heavy (non-hydrogen) atoms. The number of halogens is 2. The van der Waals surface area contributed by atoms with Gasteiger partial charge in [0.2, 0.25) is 0 Å². The highest BCUT2D eigenvalue weighted by atomic mass is 19.1. The molecule has 154 valence electrons. The van der Waals surface area contributed by atoms with Crippen LogP contribution < -0.4 is 0 Å². The minimum absolute atomic E-state index is 0.248. The summed E-state index contributed by atoms with van der Waals surface area (Å²) in [6, 6.07) is 3.63. The molecule has 0 aromatic heterocycles. The van der Waals surface area contributed by atoms with Crippen LogP contribution in [0.25, 0.3) is 0 Å². The van der Waals surface area contributed by atoms with E-state index in [9.17, 15) is 13.9 Å². The van der Waals surface area contributed by atoms with Gasteiger partial charge in [-0.15, -0.1) is 0 Å². The Morgan fingerprint density at radius 1 is 1.22 bits per heavy atom. The van der Waals surface area contributed by atoms with Crippen molar-refractivity contribution in [3.05, 3.63) is 35.4 Å². The summed E-state index contributed by atoms with van der Waals surface area (Å²) in [6.07, 6.45) is -0.656. The van der Waals surface area contributed by atoms with Crippen LogP contribution in [-0.4, -0.2) is 80.2 Å². The lowest BCUT2D eigenvalue weighted by Crippen LogP contribution is -2.43. The van der Waals surface area contributed by atoms with Crippen molar-refractivity contribution in [1.82, 2.24) is 9.80 Å². The molecule has 2 rings (SSSR count). The SMILES string of the molecule is CC(C)COC[C@@H](O)CN(CCN1CCOCC1)Cc1ccc(F)cc1F. The molecule has 1 aliphatic rings. The summed E-state index contributed by atoms with van der Waals surface area (Å²) in [5, 5.41) is 10.3. The smallest absolute Gasteiger partial charge is 0.130 e. The van der Waals surface area contributed by atoms with Crippen molar-refractivity contribution in [3.8, 4) is 0 Å². The first-order valence-electron chi connectivity index (χ1n) is 9.66. The number of nitrogens with zero attached hydrogens (tertiary/aromatic N) is 2. The fraction of sp³-hybridized carbons (Fsp3) is 0.700. The molecule has 0 saturated carbocycles. The summed E-state index contributed by atoms with van der Waals surface area (Å²) < 4.78 is 38.1. The summed E-state index contributed by atoms with van der Waals surface area (Å²) in [7, 11) is 0. The molecule has 5 nitrogen and oxygen atoms in total. The molecule has 1 atom stereocenters. The van der Waals surface area contributed by atoms with Gasteiger partial charge in [0.1, 0.15) is 11.6 Å². The second kappa shape index (κ2) is 11.7. The lowest BCUT2D eigenvalue weighted by atomic mass is 10.2. The van der Waals surface area contributed by atoms with Crippen molar-refractivity contribution in [2.75, 3.05) is 59.2 Å². The molecule has 1 saturated heterocycles. The fourth-order valence-corrected chi connectivity index (χ4v) is 3.02. The molecule has 0 amide bonds. The van der Waals surface area contributed by atoms with Crippen LogP contribution in [0, 0.1) is 17.6 Å². The Kier molecular flexibility index (Phi) is 9.58. The quantitative estimate of drug-likeness (QED) is 0.631. The predicted octanol–water partition coefficient (Wildman–Crippen LogP) is 2.13. The van der Waals surface area contributed by atoms with Crippen LogP contribution in [0.15, 0.2) is 18.2 Å². The van der Waals surface area contributed by atoms with E-state index in [0.717, 1.165) is 38.9 Å². The number of ether oxygens (including phenoxy) is 2. The van der Waals surface area contributed by atoms with Crippen LogP contribution >= 0.6 is 0 Å². The van der Waals surface area contributed by atoms with E-state index in [4.69, 9.17) is 9.47 Å². The normalized spacial score (nSPS) is 17.0. The molecular formula is C20H32F2N2O3. The molecule has 1 aromatic rings. The Labute approximate surface area is 160 Å². The molecule has 1 fully saturated rings. The van der Waals surface area contributed by atoms with E-state index in [1.807, 2.05) is 4.90 Å². The standard InChI is InChI=1S/C20H32F2N2O3/c1-16(2)14-27-15-19(25)13-24(6-5-23-7-9-26-10-8-23)12-17-3-4-18(21)11-20(17)22/h3-4,11,16,19,25H,5-10,12-15H2,1-2H3/t19-/m0/s1. The highest BCUT2D eigenvalue weighted by Crippen LogP contribution is 2.13. The minimum Gasteiger partial charge on any atom is -0.389 e. The number of rotatable bonds is 11. The molecule has 0 aliphatic carbocycles. The third-order valence-corrected chi connectivity index (χ3v) is 4.48. The fourth-order valence-electron chi connectivity index (χ4n) is 3.02. The maximum atomic E-state index is 14.1. The zero-order valence-corrected chi connectivity index (χ0v) is 16.4. The van der Waals surface area contributed by atoms with Crippen LogP contribution in [-0.2, 0) is 16.0 Å². The van der Waals surface area contributed by atoms with Gasteiger partial charge < -0.3 is 14.6 Å². The first-order valence-corrected chi connectivity index (χ1v) is 9.66. The van der Waals surface area contributed by atoms with Gasteiger partial charge in [-0.2, -0.15) is 0 Å². The summed E-state index contributed by atoms with van der Waals surface area (Å²) in [5.74, 6) is -0.738. The van der Waals surface area contributed by atoms with Gasteiger partial charge in [0.05, 0.1) is 25.9 Å². The van der Waals surface area contributed by atoms with Crippen LogP contribution in [0.2, 0.25) is 0 Å². The summed E-state index contributed by atoms with van der Waals surface area (Å²) in [6.45, 7) is 10.3. The van der Waals surface area contributed by atoms with E-state index >= 15 is 0 Å². The summed E-state index contributed by atoms with van der Waals surface area (Å²) in [5.41, 5.74) is 0.425. The zero-order chi connectivity index (χ0) is 19.6. The van der Waals surface area contributed by atoms with E-state index in [0.29, 0.717) is 37.7 Å². The summed E-state index contributed by atoms with van der Waals surface area (Å²) in [4.78, 5) is 4.29. The van der Waals surface area contributed by atoms with E-state index in [-0.39, 0.29) is 6.61 Å². The predicted molar refractivity (Wildman–Crippen MR) is 101 cm³/mol. The van der Waals surface area contributed by atoms with E-state index < -0.39 is 17.7 Å².